The van der Waals surface area contributed by atoms with Crippen LogP contribution in [0.5, 0.6) is 0 Å². The third-order valence-corrected chi connectivity index (χ3v) is 5.51. The molecule has 0 atom stereocenters. The van der Waals surface area contributed by atoms with Gasteiger partial charge in [-0.1, -0.05) is 23.7 Å². The van der Waals surface area contributed by atoms with Gasteiger partial charge in [0.1, 0.15) is 5.82 Å². The first kappa shape index (κ1) is 18.6. The van der Waals surface area contributed by atoms with Crippen LogP contribution >= 0.6 is 11.6 Å². The lowest BCUT2D eigenvalue weighted by molar-refractivity contribution is 0.646. The zero-order valence-electron chi connectivity index (χ0n) is 16.2. The lowest BCUT2D eigenvalue weighted by Gasteiger charge is -2.37. The minimum Gasteiger partial charge on any atom is -0.368 e. The van der Waals surface area contributed by atoms with Gasteiger partial charge in [-0.05, 0) is 61.4 Å². The molecule has 1 aliphatic rings. The van der Waals surface area contributed by atoms with Crippen LogP contribution < -0.4 is 15.1 Å². The summed E-state index contributed by atoms with van der Waals surface area (Å²) in [5.74, 6) is 1.55. The molecule has 0 aliphatic carbocycles. The molecule has 2 aromatic carbocycles. The van der Waals surface area contributed by atoms with Crippen LogP contribution in [0, 0.1) is 13.8 Å². The van der Waals surface area contributed by atoms with Gasteiger partial charge >= 0.3 is 0 Å². The molecule has 144 valence electrons. The normalized spacial score (nSPS) is 14.2. The van der Waals surface area contributed by atoms with Crippen LogP contribution in [0.25, 0.3) is 0 Å². The second-order valence-electron chi connectivity index (χ2n) is 7.06. The Morgan fingerprint density at radius 3 is 2.36 bits per heavy atom. The van der Waals surface area contributed by atoms with Gasteiger partial charge in [-0.2, -0.15) is 4.98 Å². The van der Waals surface area contributed by atoms with Gasteiger partial charge in [-0.3, -0.25) is 0 Å². The third kappa shape index (κ3) is 4.04. The largest absolute Gasteiger partial charge is 0.368 e. The van der Waals surface area contributed by atoms with Crippen LogP contribution in [0.15, 0.2) is 54.7 Å². The first-order chi connectivity index (χ1) is 13.6. The lowest BCUT2D eigenvalue weighted by Crippen LogP contribution is -2.47. The number of nitrogens with one attached hydrogen (secondary N) is 1. The molecular weight excluding hydrogens is 370 g/mol. The fourth-order valence-electron chi connectivity index (χ4n) is 3.50. The molecule has 5 nitrogen and oxygen atoms in total. The molecule has 0 unspecified atom stereocenters. The Morgan fingerprint density at radius 2 is 1.61 bits per heavy atom. The first-order valence-electron chi connectivity index (χ1n) is 9.52. The molecule has 0 radical (unpaired) electrons. The summed E-state index contributed by atoms with van der Waals surface area (Å²) in [6.07, 6.45) is 1.80. The highest BCUT2D eigenvalue weighted by Gasteiger charge is 2.20. The highest BCUT2D eigenvalue weighted by atomic mass is 35.5. The van der Waals surface area contributed by atoms with Gasteiger partial charge in [0.25, 0.3) is 0 Å². The molecular formula is C22H24ClN5. The maximum absolute atomic E-state index is 5.95. The van der Waals surface area contributed by atoms with E-state index in [9.17, 15) is 0 Å². The number of anilines is 4. The number of aryl methyl sites for hydroxylation is 1. The first-order valence-corrected chi connectivity index (χ1v) is 9.90. The second-order valence-corrected chi connectivity index (χ2v) is 7.50. The molecule has 1 aromatic heterocycles. The predicted octanol–water partition coefficient (Wildman–Crippen LogP) is 4.82. The van der Waals surface area contributed by atoms with Crippen molar-refractivity contribution in [2.24, 2.45) is 0 Å². The zero-order chi connectivity index (χ0) is 19.5. The number of halogens is 1. The van der Waals surface area contributed by atoms with E-state index in [4.69, 9.17) is 16.6 Å². The SMILES string of the molecule is Cc1cccc(N2CCN(c3ccnc(Nc4ccc(Cl)cc4)n3)CC2)c1C. The summed E-state index contributed by atoms with van der Waals surface area (Å²) < 4.78 is 0. The number of benzene rings is 2. The summed E-state index contributed by atoms with van der Waals surface area (Å²) in [6, 6.07) is 16.0. The summed E-state index contributed by atoms with van der Waals surface area (Å²) in [4.78, 5) is 13.8. The molecule has 1 N–H and O–H groups in total. The second kappa shape index (κ2) is 8.07. The number of aromatic nitrogens is 2. The van der Waals surface area contributed by atoms with Crippen molar-refractivity contribution >= 4 is 34.7 Å². The van der Waals surface area contributed by atoms with E-state index in [1.807, 2.05) is 30.3 Å². The van der Waals surface area contributed by atoms with Crippen molar-refractivity contribution in [3.63, 3.8) is 0 Å². The number of hydrogen-bond donors (Lipinski definition) is 1. The van der Waals surface area contributed by atoms with E-state index in [1.165, 1.54) is 16.8 Å². The fraction of sp³-hybridized carbons (Fsp3) is 0.273. The van der Waals surface area contributed by atoms with Gasteiger partial charge in [0, 0.05) is 48.8 Å². The summed E-state index contributed by atoms with van der Waals surface area (Å²) in [5.41, 5.74) is 4.97. The summed E-state index contributed by atoms with van der Waals surface area (Å²) >= 11 is 5.95. The van der Waals surface area contributed by atoms with Crippen molar-refractivity contribution in [2.45, 2.75) is 13.8 Å². The number of nitrogens with zero attached hydrogens (tertiary/aromatic N) is 4. The molecule has 3 aromatic rings. The van der Waals surface area contributed by atoms with Crippen molar-refractivity contribution < 1.29 is 0 Å². The molecule has 6 heteroatoms. The summed E-state index contributed by atoms with van der Waals surface area (Å²) in [5, 5.41) is 3.95. The van der Waals surface area contributed by atoms with Crippen LogP contribution in [0.2, 0.25) is 5.02 Å². The van der Waals surface area contributed by atoms with Gasteiger partial charge in [-0.25, -0.2) is 4.98 Å². The maximum Gasteiger partial charge on any atom is 0.229 e. The average molecular weight is 394 g/mol. The highest BCUT2D eigenvalue weighted by molar-refractivity contribution is 6.30. The van der Waals surface area contributed by atoms with Crippen LogP contribution in [-0.4, -0.2) is 36.1 Å². The number of piperazine rings is 1. The van der Waals surface area contributed by atoms with Gasteiger partial charge in [0.05, 0.1) is 0 Å². The van der Waals surface area contributed by atoms with Crippen molar-refractivity contribution in [1.29, 1.82) is 0 Å². The fourth-order valence-corrected chi connectivity index (χ4v) is 3.63. The molecule has 1 fully saturated rings. The highest BCUT2D eigenvalue weighted by Crippen LogP contribution is 2.25. The predicted molar refractivity (Wildman–Crippen MR) is 117 cm³/mol. The molecule has 0 amide bonds. The van der Waals surface area contributed by atoms with Crippen molar-refractivity contribution in [3.05, 3.63) is 70.9 Å². The molecule has 0 saturated carbocycles. The zero-order valence-corrected chi connectivity index (χ0v) is 16.9. The van der Waals surface area contributed by atoms with E-state index < -0.39 is 0 Å². The Kier molecular flexibility index (Phi) is 5.35. The van der Waals surface area contributed by atoms with Crippen LogP contribution in [0.4, 0.5) is 23.1 Å². The summed E-state index contributed by atoms with van der Waals surface area (Å²) in [6.45, 7) is 8.21. The van der Waals surface area contributed by atoms with Crippen molar-refractivity contribution in [1.82, 2.24) is 9.97 Å². The molecule has 2 heterocycles. The molecule has 28 heavy (non-hydrogen) atoms. The molecule has 4 rings (SSSR count). The van der Waals surface area contributed by atoms with Crippen molar-refractivity contribution in [3.8, 4) is 0 Å². The Balaban J connectivity index is 1.43. The molecule has 0 spiro atoms. The van der Waals surface area contributed by atoms with E-state index in [2.05, 4.69) is 52.1 Å². The van der Waals surface area contributed by atoms with Crippen LogP contribution in [0.3, 0.4) is 0 Å². The van der Waals surface area contributed by atoms with Gasteiger partial charge in [-0.15, -0.1) is 0 Å². The van der Waals surface area contributed by atoms with Crippen molar-refractivity contribution in [2.75, 3.05) is 41.3 Å². The smallest absolute Gasteiger partial charge is 0.229 e. The lowest BCUT2D eigenvalue weighted by atomic mass is 10.1. The van der Waals surface area contributed by atoms with E-state index in [1.54, 1.807) is 6.20 Å². The minimum absolute atomic E-state index is 0.594. The van der Waals surface area contributed by atoms with E-state index in [-0.39, 0.29) is 0 Å². The van der Waals surface area contributed by atoms with Crippen LogP contribution in [0.1, 0.15) is 11.1 Å². The van der Waals surface area contributed by atoms with E-state index >= 15 is 0 Å². The molecule has 0 bridgehead atoms. The number of hydrogen-bond acceptors (Lipinski definition) is 5. The Bertz CT molecular complexity index is 949. The Hall–Kier alpha value is -2.79. The monoisotopic (exact) mass is 393 g/mol. The average Bonchev–Trinajstić information content (AvgIpc) is 2.72. The molecule has 1 saturated heterocycles. The van der Waals surface area contributed by atoms with E-state index in [0.29, 0.717) is 11.0 Å². The van der Waals surface area contributed by atoms with Crippen LogP contribution in [-0.2, 0) is 0 Å². The number of rotatable bonds is 4. The van der Waals surface area contributed by atoms with Gasteiger partial charge < -0.3 is 15.1 Å². The summed E-state index contributed by atoms with van der Waals surface area (Å²) in [7, 11) is 0. The topological polar surface area (TPSA) is 44.3 Å². The standard InChI is InChI=1S/C22H24ClN5/c1-16-4-3-5-20(17(16)2)27-12-14-28(15-13-27)21-10-11-24-22(26-21)25-19-8-6-18(23)7-9-19/h3-11H,12-15H2,1-2H3,(H,24,25,26). The molecule has 1 aliphatic heterocycles. The Labute approximate surface area is 171 Å². The quantitative estimate of drug-likeness (QED) is 0.688. The van der Waals surface area contributed by atoms with Gasteiger partial charge in [0.15, 0.2) is 0 Å². The van der Waals surface area contributed by atoms with Gasteiger partial charge in [0.2, 0.25) is 5.95 Å². The van der Waals surface area contributed by atoms with E-state index in [0.717, 1.165) is 37.7 Å². The Morgan fingerprint density at radius 1 is 0.893 bits per heavy atom. The maximum atomic E-state index is 5.95. The minimum atomic E-state index is 0.594. The third-order valence-electron chi connectivity index (χ3n) is 5.26.